The van der Waals surface area contributed by atoms with Crippen molar-refractivity contribution in [2.45, 2.75) is 32.7 Å². The van der Waals surface area contributed by atoms with Gasteiger partial charge in [0.05, 0.1) is 12.5 Å². The Labute approximate surface area is 225 Å². The predicted molar refractivity (Wildman–Crippen MR) is 145 cm³/mol. The van der Waals surface area contributed by atoms with Gasteiger partial charge in [-0.3, -0.25) is 9.59 Å². The van der Waals surface area contributed by atoms with Crippen LogP contribution in [0.1, 0.15) is 37.0 Å². The molecule has 0 unspecified atom stereocenters. The van der Waals surface area contributed by atoms with Crippen LogP contribution < -0.4 is 15.4 Å². The zero-order chi connectivity index (χ0) is 26.9. The topological polar surface area (TPSA) is 87.7 Å². The van der Waals surface area contributed by atoms with Crippen LogP contribution in [0, 0.1) is 11.7 Å². The van der Waals surface area contributed by atoms with Crippen molar-refractivity contribution in [1.29, 1.82) is 0 Å². The highest BCUT2D eigenvalue weighted by Gasteiger charge is 2.18. The lowest BCUT2D eigenvalue weighted by molar-refractivity contribution is -0.136. The minimum atomic E-state index is -0.970. The van der Waals surface area contributed by atoms with E-state index in [1.807, 2.05) is 0 Å². The Morgan fingerprint density at radius 3 is 2.35 bits per heavy atom. The first-order valence-corrected chi connectivity index (χ1v) is 12.7. The van der Waals surface area contributed by atoms with E-state index < -0.39 is 11.8 Å². The molecule has 0 aromatic heterocycles. The van der Waals surface area contributed by atoms with Crippen LogP contribution >= 0.6 is 23.2 Å². The number of carboxylic acids is 1. The Hall–Kier alpha value is -3.29. The molecule has 9 heteroatoms. The number of benzene rings is 3. The van der Waals surface area contributed by atoms with Gasteiger partial charge in [-0.2, -0.15) is 0 Å². The number of hydrogen-bond acceptors (Lipinski definition) is 4. The number of nitrogens with one attached hydrogen (secondary N) is 2. The van der Waals surface area contributed by atoms with Gasteiger partial charge >= 0.3 is 5.97 Å². The summed E-state index contributed by atoms with van der Waals surface area (Å²) in [5.41, 5.74) is 2.14. The normalized spacial score (nSPS) is 12.5. The molecular weight excluding hydrogens is 518 g/mol. The fourth-order valence-corrected chi connectivity index (χ4v) is 4.16. The molecule has 0 fully saturated rings. The lowest BCUT2D eigenvalue weighted by atomic mass is 9.99. The molecule has 6 nitrogen and oxygen atoms in total. The van der Waals surface area contributed by atoms with E-state index in [1.54, 1.807) is 54.6 Å². The quantitative estimate of drug-likeness (QED) is 0.229. The molecule has 0 saturated carbocycles. The van der Waals surface area contributed by atoms with E-state index in [0.717, 1.165) is 12.1 Å². The van der Waals surface area contributed by atoms with Gasteiger partial charge in [-0.15, -0.1) is 0 Å². The summed E-state index contributed by atoms with van der Waals surface area (Å²) >= 11 is 12.2. The van der Waals surface area contributed by atoms with Crippen LogP contribution in [-0.4, -0.2) is 36.2 Å². The average molecular weight is 547 g/mol. The third kappa shape index (κ3) is 8.10. The Morgan fingerprint density at radius 2 is 1.73 bits per heavy atom. The van der Waals surface area contributed by atoms with E-state index in [9.17, 15) is 14.0 Å². The molecule has 0 spiro atoms. The summed E-state index contributed by atoms with van der Waals surface area (Å²) in [6, 6.07) is 16.4. The molecule has 0 aliphatic heterocycles. The molecule has 2 atom stereocenters. The summed E-state index contributed by atoms with van der Waals surface area (Å²) in [5.74, 6) is -1.11. The van der Waals surface area contributed by atoms with Crippen LogP contribution in [-0.2, 0) is 4.79 Å². The molecule has 0 saturated heterocycles. The van der Waals surface area contributed by atoms with Gasteiger partial charge in [-0.05, 0) is 54.4 Å². The molecule has 3 aromatic carbocycles. The van der Waals surface area contributed by atoms with Crippen molar-refractivity contribution in [2.75, 3.05) is 18.5 Å². The molecule has 3 aromatic rings. The third-order valence-electron chi connectivity index (χ3n) is 6.05. The maximum atomic E-state index is 14.9. The minimum Gasteiger partial charge on any atom is -0.491 e. The third-order valence-corrected chi connectivity index (χ3v) is 6.59. The molecule has 1 amide bonds. The number of aliphatic carboxylic acids is 1. The highest BCUT2D eigenvalue weighted by atomic mass is 35.5. The number of ether oxygens (including phenoxy) is 1. The second kappa shape index (κ2) is 13.3. The standard InChI is InChI=1S/C28H29Cl2FN2O4/c1-3-17(2)26(33-20-7-4-18(5-8-20)28(36)32-13-12-27(34)35)16-37-21-9-11-23(25(31)15-21)22-10-6-19(29)14-24(22)30/h4-11,14-15,17,26,33H,3,12-13,16H2,1-2H3,(H,32,36)(H,34,35)/t17-,26+/m0/s1. The van der Waals surface area contributed by atoms with Crippen LogP contribution in [0.5, 0.6) is 5.75 Å². The number of carboxylic acid groups (broad SMARTS) is 1. The largest absolute Gasteiger partial charge is 0.491 e. The Balaban J connectivity index is 1.64. The minimum absolute atomic E-state index is 0.0654. The highest BCUT2D eigenvalue weighted by molar-refractivity contribution is 6.36. The number of halogens is 3. The van der Waals surface area contributed by atoms with Gasteiger partial charge in [0, 0.05) is 45.0 Å². The number of carbonyl (C=O) groups is 2. The first kappa shape index (κ1) is 28.3. The molecule has 0 bridgehead atoms. The second-order valence-electron chi connectivity index (χ2n) is 8.69. The Morgan fingerprint density at radius 1 is 1.03 bits per heavy atom. The lowest BCUT2D eigenvalue weighted by Crippen LogP contribution is -2.33. The molecule has 0 aliphatic carbocycles. The van der Waals surface area contributed by atoms with Crippen LogP contribution in [0.4, 0.5) is 10.1 Å². The Kier molecular flexibility index (Phi) is 10.2. The van der Waals surface area contributed by atoms with Gasteiger partial charge in [0.1, 0.15) is 18.2 Å². The van der Waals surface area contributed by atoms with E-state index in [-0.39, 0.29) is 30.8 Å². The molecule has 0 heterocycles. The SMILES string of the molecule is CC[C@H](C)[C@@H](COc1ccc(-c2ccc(Cl)cc2Cl)c(F)c1)Nc1ccc(C(=O)NCCC(=O)O)cc1. The van der Waals surface area contributed by atoms with Crippen LogP contribution in [0.2, 0.25) is 10.0 Å². The lowest BCUT2D eigenvalue weighted by Gasteiger charge is -2.26. The molecule has 196 valence electrons. The van der Waals surface area contributed by atoms with Gasteiger partial charge in [0.2, 0.25) is 0 Å². The molecule has 3 rings (SSSR count). The van der Waals surface area contributed by atoms with Crippen molar-refractivity contribution in [3.63, 3.8) is 0 Å². The number of hydrogen-bond donors (Lipinski definition) is 3. The van der Waals surface area contributed by atoms with E-state index >= 15 is 0 Å². The van der Waals surface area contributed by atoms with Crippen molar-refractivity contribution >= 4 is 40.8 Å². The molecule has 0 aliphatic rings. The monoisotopic (exact) mass is 546 g/mol. The highest BCUT2D eigenvalue weighted by Crippen LogP contribution is 2.33. The summed E-state index contributed by atoms with van der Waals surface area (Å²) in [5, 5.41) is 15.5. The van der Waals surface area contributed by atoms with E-state index in [4.69, 9.17) is 33.0 Å². The van der Waals surface area contributed by atoms with Crippen LogP contribution in [0.3, 0.4) is 0 Å². The zero-order valence-corrected chi connectivity index (χ0v) is 22.1. The van der Waals surface area contributed by atoms with Crippen molar-refractivity contribution < 1.29 is 23.8 Å². The van der Waals surface area contributed by atoms with Gasteiger partial charge in [-0.25, -0.2) is 4.39 Å². The first-order chi connectivity index (χ1) is 17.7. The van der Waals surface area contributed by atoms with Crippen LogP contribution in [0.25, 0.3) is 11.1 Å². The molecule has 0 radical (unpaired) electrons. The first-order valence-electron chi connectivity index (χ1n) is 11.9. The van der Waals surface area contributed by atoms with Gasteiger partial charge in [0.15, 0.2) is 0 Å². The summed E-state index contributed by atoms with van der Waals surface area (Å²) < 4.78 is 20.8. The number of rotatable bonds is 12. The molecule has 37 heavy (non-hydrogen) atoms. The predicted octanol–water partition coefficient (Wildman–Crippen LogP) is 6.91. The fraction of sp³-hybridized carbons (Fsp3) is 0.286. The van der Waals surface area contributed by atoms with Gasteiger partial charge < -0.3 is 20.5 Å². The summed E-state index contributed by atoms with van der Waals surface area (Å²) in [6.07, 6.45) is 0.761. The number of anilines is 1. The molecule has 3 N–H and O–H groups in total. The summed E-state index contributed by atoms with van der Waals surface area (Å²) in [6.45, 7) is 4.54. The fourth-order valence-electron chi connectivity index (χ4n) is 3.65. The average Bonchev–Trinajstić information content (AvgIpc) is 2.86. The van der Waals surface area contributed by atoms with E-state index in [0.29, 0.717) is 39.1 Å². The van der Waals surface area contributed by atoms with Crippen molar-refractivity contribution in [1.82, 2.24) is 5.32 Å². The molecular formula is C28H29Cl2FN2O4. The van der Waals surface area contributed by atoms with Crippen molar-refractivity contribution in [2.24, 2.45) is 5.92 Å². The van der Waals surface area contributed by atoms with Crippen molar-refractivity contribution in [3.8, 4) is 16.9 Å². The maximum absolute atomic E-state index is 14.9. The smallest absolute Gasteiger partial charge is 0.305 e. The summed E-state index contributed by atoms with van der Waals surface area (Å²) in [7, 11) is 0. The van der Waals surface area contributed by atoms with Gasteiger partial charge in [0.25, 0.3) is 5.91 Å². The second-order valence-corrected chi connectivity index (χ2v) is 9.53. The van der Waals surface area contributed by atoms with Gasteiger partial charge in [-0.1, -0.05) is 49.5 Å². The van der Waals surface area contributed by atoms with E-state index in [2.05, 4.69) is 24.5 Å². The zero-order valence-electron chi connectivity index (χ0n) is 20.6. The maximum Gasteiger partial charge on any atom is 0.305 e. The van der Waals surface area contributed by atoms with Crippen molar-refractivity contribution in [3.05, 3.63) is 82.1 Å². The summed E-state index contributed by atoms with van der Waals surface area (Å²) in [4.78, 5) is 22.8. The Bertz CT molecular complexity index is 1240. The number of carbonyl (C=O) groups excluding carboxylic acids is 1. The van der Waals surface area contributed by atoms with E-state index in [1.165, 1.54) is 6.07 Å². The van der Waals surface area contributed by atoms with Crippen LogP contribution in [0.15, 0.2) is 60.7 Å². The number of amides is 1.